The number of hydrogen-bond acceptors (Lipinski definition) is 4. The number of carbonyl (C=O) groups is 1. The van der Waals surface area contributed by atoms with Crippen molar-refractivity contribution >= 4 is 22.7 Å². The molecule has 0 aromatic carbocycles. The Balaban J connectivity index is 2.42. The second-order valence-corrected chi connectivity index (χ2v) is 3.65. The van der Waals surface area contributed by atoms with Crippen molar-refractivity contribution in [1.82, 2.24) is 15.2 Å². The molecule has 0 aliphatic rings. The van der Waals surface area contributed by atoms with E-state index in [4.69, 9.17) is 5.11 Å². The van der Waals surface area contributed by atoms with Crippen LogP contribution in [0.3, 0.4) is 0 Å². The Morgan fingerprint density at radius 2 is 2.38 bits per heavy atom. The lowest BCUT2D eigenvalue weighted by Crippen LogP contribution is -2.25. The van der Waals surface area contributed by atoms with Gasteiger partial charge in [0.25, 0.3) is 0 Å². The van der Waals surface area contributed by atoms with E-state index in [-0.39, 0.29) is 0 Å². The molecule has 2 rings (SSSR count). The lowest BCUT2D eigenvalue weighted by molar-refractivity contribution is -0.137. The maximum atomic E-state index is 10.8. The average Bonchev–Trinajstić information content (AvgIpc) is 2.65. The van der Waals surface area contributed by atoms with E-state index >= 15 is 0 Å². The quantitative estimate of drug-likeness (QED) is 0.721. The molecule has 6 heteroatoms. The first-order chi connectivity index (χ1) is 7.58. The molecule has 1 unspecified atom stereocenters. The second-order valence-electron chi connectivity index (χ2n) is 3.65. The lowest BCUT2D eigenvalue weighted by atomic mass is 10.2. The highest BCUT2D eigenvalue weighted by atomic mass is 16.4. The fourth-order valence-corrected chi connectivity index (χ4v) is 1.47. The molecule has 2 aromatic rings. The molecule has 0 bridgehead atoms. The van der Waals surface area contributed by atoms with Crippen LogP contribution in [0.4, 0.5) is 5.69 Å². The van der Waals surface area contributed by atoms with Gasteiger partial charge in [0.15, 0.2) is 5.65 Å². The molecule has 0 aliphatic heterocycles. The van der Waals surface area contributed by atoms with Gasteiger partial charge in [0, 0.05) is 11.4 Å². The molecule has 6 nitrogen and oxygen atoms in total. The van der Waals surface area contributed by atoms with Gasteiger partial charge in [0.2, 0.25) is 0 Å². The molecular weight excluding hydrogens is 208 g/mol. The molecule has 3 N–H and O–H groups in total. The fraction of sp³-hybridized carbons (Fsp3) is 0.300. The van der Waals surface area contributed by atoms with Crippen molar-refractivity contribution in [3.05, 3.63) is 18.0 Å². The summed E-state index contributed by atoms with van der Waals surface area (Å²) in [6.45, 7) is 3.43. The minimum atomic E-state index is -0.897. The second kappa shape index (κ2) is 3.80. The predicted octanol–water partition coefficient (Wildman–Crippen LogP) is 1.15. The van der Waals surface area contributed by atoms with Crippen LogP contribution in [0.1, 0.15) is 12.6 Å². The van der Waals surface area contributed by atoms with Crippen molar-refractivity contribution in [2.75, 3.05) is 5.32 Å². The number of rotatable bonds is 3. The standard InChI is InChI=1S/C10H12N4O2/c1-5-3-8(13-6(2)10(15)16)7-4-11-14-9(7)12-5/h3-4,6H,1-2H3,(H,15,16)(H2,11,12,13,14). The van der Waals surface area contributed by atoms with E-state index in [1.807, 2.05) is 6.92 Å². The maximum absolute atomic E-state index is 10.8. The summed E-state index contributed by atoms with van der Waals surface area (Å²) in [7, 11) is 0. The Morgan fingerprint density at radius 1 is 1.62 bits per heavy atom. The fourth-order valence-electron chi connectivity index (χ4n) is 1.47. The van der Waals surface area contributed by atoms with Crippen molar-refractivity contribution in [3.8, 4) is 0 Å². The smallest absolute Gasteiger partial charge is 0.325 e. The topological polar surface area (TPSA) is 90.9 Å². The summed E-state index contributed by atoms with van der Waals surface area (Å²) in [6.07, 6.45) is 1.62. The number of H-pyrrole nitrogens is 1. The number of hydrogen-bond donors (Lipinski definition) is 3. The van der Waals surface area contributed by atoms with Crippen molar-refractivity contribution in [3.63, 3.8) is 0 Å². The third-order valence-electron chi connectivity index (χ3n) is 2.29. The molecule has 0 fully saturated rings. The number of aliphatic carboxylic acids is 1. The van der Waals surface area contributed by atoms with Crippen LogP contribution in [-0.2, 0) is 4.79 Å². The number of anilines is 1. The van der Waals surface area contributed by atoms with Crippen molar-refractivity contribution in [2.24, 2.45) is 0 Å². The van der Waals surface area contributed by atoms with Gasteiger partial charge in [-0.25, -0.2) is 4.98 Å². The molecule has 0 saturated carbocycles. The van der Waals surface area contributed by atoms with E-state index in [1.165, 1.54) is 0 Å². The Bertz CT molecular complexity index is 535. The predicted molar refractivity (Wildman–Crippen MR) is 59.3 cm³/mol. The van der Waals surface area contributed by atoms with Gasteiger partial charge in [-0.3, -0.25) is 9.89 Å². The summed E-state index contributed by atoms with van der Waals surface area (Å²) in [5.74, 6) is -0.897. The Hall–Kier alpha value is -2.11. The van der Waals surface area contributed by atoms with Crippen LogP contribution in [0.15, 0.2) is 12.3 Å². The highest BCUT2D eigenvalue weighted by molar-refractivity contribution is 5.90. The number of aryl methyl sites for hydroxylation is 1. The van der Waals surface area contributed by atoms with Gasteiger partial charge < -0.3 is 10.4 Å². The van der Waals surface area contributed by atoms with Crippen LogP contribution in [0, 0.1) is 6.92 Å². The molecule has 0 radical (unpaired) electrons. The number of aromatic amines is 1. The first-order valence-corrected chi connectivity index (χ1v) is 4.88. The molecule has 2 aromatic heterocycles. The highest BCUT2D eigenvalue weighted by Gasteiger charge is 2.13. The van der Waals surface area contributed by atoms with Gasteiger partial charge >= 0.3 is 5.97 Å². The first kappa shape index (κ1) is 10.4. The Labute approximate surface area is 91.7 Å². The Morgan fingerprint density at radius 3 is 3.06 bits per heavy atom. The van der Waals surface area contributed by atoms with Crippen LogP contribution in [0.25, 0.3) is 11.0 Å². The summed E-state index contributed by atoms with van der Waals surface area (Å²) in [4.78, 5) is 15.0. The number of pyridine rings is 1. The van der Waals surface area contributed by atoms with Gasteiger partial charge in [-0.05, 0) is 19.9 Å². The molecule has 84 valence electrons. The monoisotopic (exact) mass is 220 g/mol. The average molecular weight is 220 g/mol. The summed E-state index contributed by atoms with van der Waals surface area (Å²) in [5, 5.41) is 19.2. The summed E-state index contributed by atoms with van der Waals surface area (Å²) < 4.78 is 0. The summed E-state index contributed by atoms with van der Waals surface area (Å²) in [6, 6.07) is 1.15. The third-order valence-corrected chi connectivity index (χ3v) is 2.29. The van der Waals surface area contributed by atoms with Gasteiger partial charge in [-0.2, -0.15) is 5.10 Å². The van der Waals surface area contributed by atoms with Gasteiger partial charge in [0.1, 0.15) is 6.04 Å². The lowest BCUT2D eigenvalue weighted by Gasteiger charge is -2.11. The molecular formula is C10H12N4O2. The largest absolute Gasteiger partial charge is 0.480 e. The number of carboxylic acids is 1. The normalized spacial score (nSPS) is 12.6. The molecule has 0 aliphatic carbocycles. The third kappa shape index (κ3) is 1.81. The molecule has 0 saturated heterocycles. The SMILES string of the molecule is Cc1cc(NC(C)C(=O)O)c2cn[nH]c2n1. The van der Waals surface area contributed by atoms with E-state index in [0.717, 1.165) is 16.8 Å². The number of nitrogens with zero attached hydrogens (tertiary/aromatic N) is 2. The van der Waals surface area contributed by atoms with Crippen molar-refractivity contribution in [2.45, 2.75) is 19.9 Å². The van der Waals surface area contributed by atoms with Crippen LogP contribution < -0.4 is 5.32 Å². The van der Waals surface area contributed by atoms with Gasteiger partial charge in [-0.1, -0.05) is 0 Å². The molecule has 2 heterocycles. The number of fused-ring (bicyclic) bond motifs is 1. The highest BCUT2D eigenvalue weighted by Crippen LogP contribution is 2.21. The van der Waals surface area contributed by atoms with Crippen LogP contribution in [-0.4, -0.2) is 32.3 Å². The van der Waals surface area contributed by atoms with Gasteiger partial charge in [-0.15, -0.1) is 0 Å². The van der Waals surface area contributed by atoms with E-state index < -0.39 is 12.0 Å². The van der Waals surface area contributed by atoms with Crippen LogP contribution >= 0.6 is 0 Å². The zero-order valence-corrected chi connectivity index (χ0v) is 8.98. The first-order valence-electron chi connectivity index (χ1n) is 4.88. The minimum absolute atomic E-state index is 0.653. The maximum Gasteiger partial charge on any atom is 0.325 e. The van der Waals surface area contributed by atoms with Crippen molar-refractivity contribution in [1.29, 1.82) is 0 Å². The summed E-state index contributed by atoms with van der Waals surface area (Å²) >= 11 is 0. The number of carboxylic acid groups (broad SMARTS) is 1. The van der Waals surface area contributed by atoms with E-state index in [2.05, 4.69) is 20.5 Å². The molecule has 0 amide bonds. The van der Waals surface area contributed by atoms with E-state index in [9.17, 15) is 4.79 Å². The van der Waals surface area contributed by atoms with E-state index in [1.54, 1.807) is 19.2 Å². The summed E-state index contributed by atoms with van der Waals surface area (Å²) in [5.41, 5.74) is 2.18. The van der Waals surface area contributed by atoms with Crippen molar-refractivity contribution < 1.29 is 9.90 Å². The van der Waals surface area contributed by atoms with E-state index in [0.29, 0.717) is 5.65 Å². The number of aromatic nitrogens is 3. The van der Waals surface area contributed by atoms with Gasteiger partial charge in [0.05, 0.1) is 11.6 Å². The molecule has 0 spiro atoms. The molecule has 16 heavy (non-hydrogen) atoms. The zero-order valence-electron chi connectivity index (χ0n) is 8.98. The van der Waals surface area contributed by atoms with Crippen LogP contribution in [0.2, 0.25) is 0 Å². The Kier molecular flexibility index (Phi) is 2.47. The van der Waals surface area contributed by atoms with Crippen LogP contribution in [0.5, 0.6) is 0 Å². The zero-order chi connectivity index (χ0) is 11.7. The molecule has 1 atom stereocenters. The number of nitrogens with one attached hydrogen (secondary N) is 2. The minimum Gasteiger partial charge on any atom is -0.480 e.